The van der Waals surface area contributed by atoms with Crippen molar-refractivity contribution in [2.75, 3.05) is 26.3 Å². The van der Waals surface area contributed by atoms with Crippen LogP contribution in [0.1, 0.15) is 42.1 Å². The summed E-state index contributed by atoms with van der Waals surface area (Å²) in [6.45, 7) is 3.71. The molecule has 1 atom stereocenters. The molecule has 0 saturated heterocycles. The van der Waals surface area contributed by atoms with Crippen molar-refractivity contribution in [2.24, 2.45) is 0 Å². The van der Waals surface area contributed by atoms with E-state index in [1.165, 1.54) is 18.3 Å². The Balaban J connectivity index is 1.78. The number of nitrogens with zero attached hydrogens (tertiary/aromatic N) is 4. The molecule has 1 aliphatic rings. The van der Waals surface area contributed by atoms with Crippen LogP contribution in [0.15, 0.2) is 71.8 Å². The van der Waals surface area contributed by atoms with E-state index in [1.807, 2.05) is 11.8 Å². The number of hydrogen-bond acceptors (Lipinski definition) is 10. The quantitative estimate of drug-likeness (QED) is 0.188. The molecule has 1 N–H and O–H groups in total. The molecule has 1 unspecified atom stereocenters. The highest BCUT2D eigenvalue weighted by molar-refractivity contribution is 5.94. The molecule has 1 amide bonds. The largest absolute Gasteiger partial charge is 0.460 e. The van der Waals surface area contributed by atoms with Gasteiger partial charge in [-0.2, -0.15) is 0 Å². The van der Waals surface area contributed by atoms with Crippen molar-refractivity contribution in [1.82, 2.24) is 15.2 Å². The topological polar surface area (TPSA) is 167 Å². The molecule has 1 aromatic carbocycles. The summed E-state index contributed by atoms with van der Waals surface area (Å²) in [4.78, 5) is 56.9. The Morgan fingerprint density at radius 3 is 2.61 bits per heavy atom. The summed E-state index contributed by atoms with van der Waals surface area (Å²) < 4.78 is 5.48. The van der Waals surface area contributed by atoms with E-state index < -0.39 is 21.9 Å². The third kappa shape index (κ3) is 7.12. The van der Waals surface area contributed by atoms with Crippen LogP contribution in [0, 0.1) is 20.2 Å². The van der Waals surface area contributed by atoms with Crippen molar-refractivity contribution in [3.05, 3.63) is 103 Å². The zero-order chi connectivity index (χ0) is 27.7. The maximum atomic E-state index is 13.3. The highest BCUT2D eigenvalue weighted by atomic mass is 16.9. The highest BCUT2D eigenvalue weighted by Gasteiger charge is 2.32. The van der Waals surface area contributed by atoms with Gasteiger partial charge in [0.1, 0.15) is 6.61 Å². The Morgan fingerprint density at radius 2 is 1.92 bits per heavy atom. The molecular formula is C25H27N5O8. The third-order valence-electron chi connectivity index (χ3n) is 5.87. The van der Waals surface area contributed by atoms with E-state index in [-0.39, 0.29) is 36.9 Å². The minimum Gasteiger partial charge on any atom is -0.460 e. The number of ether oxygens (including phenoxy) is 1. The Labute approximate surface area is 218 Å². The van der Waals surface area contributed by atoms with Crippen molar-refractivity contribution in [3.63, 3.8) is 0 Å². The second-order valence-corrected chi connectivity index (χ2v) is 8.33. The monoisotopic (exact) mass is 525 g/mol. The summed E-state index contributed by atoms with van der Waals surface area (Å²) in [7, 11) is 0. The molecule has 2 aromatic rings. The molecule has 13 heteroatoms. The molecule has 13 nitrogen and oxygen atoms in total. The lowest BCUT2D eigenvalue weighted by Gasteiger charge is -2.35. The van der Waals surface area contributed by atoms with Crippen molar-refractivity contribution < 1.29 is 29.2 Å². The van der Waals surface area contributed by atoms with Gasteiger partial charge in [-0.15, -0.1) is 10.1 Å². The van der Waals surface area contributed by atoms with E-state index in [1.54, 1.807) is 43.5 Å². The standard InChI is InChI=1S/C25H27N5O8/c1-17-14-22(19-6-3-8-21(15-19)29(33)34)23(18(2)28(17)11-5-12-38-30(35)36)25(32)37-13-10-27-24(31)20-7-4-9-26-16-20/h3-4,6-9,14-16,22H,5,10-13H2,1-2H3,(H,27,31). The van der Waals surface area contributed by atoms with E-state index in [0.29, 0.717) is 29.8 Å². The van der Waals surface area contributed by atoms with Gasteiger partial charge in [-0.3, -0.25) is 19.9 Å². The van der Waals surface area contributed by atoms with Gasteiger partial charge in [0.15, 0.2) is 0 Å². The fourth-order valence-corrected chi connectivity index (χ4v) is 4.11. The number of rotatable bonds is 12. The maximum absolute atomic E-state index is 13.3. The first-order valence-electron chi connectivity index (χ1n) is 11.7. The predicted octanol–water partition coefficient (Wildman–Crippen LogP) is 3.14. The number of carbonyl (C=O) groups is 2. The lowest BCUT2D eigenvalue weighted by molar-refractivity contribution is -0.757. The first kappa shape index (κ1) is 27.8. The van der Waals surface area contributed by atoms with Gasteiger partial charge in [-0.25, -0.2) is 4.79 Å². The number of pyridine rings is 1. The van der Waals surface area contributed by atoms with Crippen LogP contribution in [-0.2, 0) is 14.4 Å². The minimum absolute atomic E-state index is 0.0596. The van der Waals surface area contributed by atoms with E-state index in [9.17, 15) is 29.8 Å². The van der Waals surface area contributed by atoms with E-state index in [2.05, 4.69) is 15.1 Å². The van der Waals surface area contributed by atoms with Crippen molar-refractivity contribution in [2.45, 2.75) is 26.2 Å². The van der Waals surface area contributed by atoms with Crippen LogP contribution in [0.4, 0.5) is 5.69 Å². The number of non-ortho nitro benzene ring substituents is 1. The molecule has 3 rings (SSSR count). The number of allylic oxidation sites excluding steroid dienone is 3. The number of amides is 1. The molecular weight excluding hydrogens is 498 g/mol. The molecule has 2 heterocycles. The lowest BCUT2D eigenvalue weighted by Crippen LogP contribution is -2.32. The second kappa shape index (κ2) is 12.9. The molecule has 200 valence electrons. The molecule has 1 aromatic heterocycles. The molecule has 1 aliphatic heterocycles. The number of hydrogen-bond donors (Lipinski definition) is 1. The lowest BCUT2D eigenvalue weighted by atomic mass is 9.86. The van der Waals surface area contributed by atoms with Gasteiger partial charge in [-0.05, 0) is 38.0 Å². The normalized spacial score (nSPS) is 14.9. The molecule has 0 saturated carbocycles. The summed E-state index contributed by atoms with van der Waals surface area (Å²) in [6.07, 6.45) is 5.07. The van der Waals surface area contributed by atoms with Crippen LogP contribution in [-0.4, -0.2) is 58.1 Å². The Kier molecular flexibility index (Phi) is 9.46. The zero-order valence-electron chi connectivity index (χ0n) is 20.9. The third-order valence-corrected chi connectivity index (χ3v) is 5.87. The molecule has 0 fully saturated rings. The number of esters is 1. The van der Waals surface area contributed by atoms with Gasteiger partial charge < -0.3 is 19.8 Å². The fraction of sp³-hybridized carbons (Fsp3) is 0.320. The molecule has 0 aliphatic carbocycles. The van der Waals surface area contributed by atoms with Gasteiger partial charge in [0.25, 0.3) is 16.7 Å². The number of carbonyl (C=O) groups excluding carboxylic acids is 2. The number of benzene rings is 1. The first-order valence-corrected chi connectivity index (χ1v) is 11.7. The summed E-state index contributed by atoms with van der Waals surface area (Å²) in [5, 5.41) is 23.6. The summed E-state index contributed by atoms with van der Waals surface area (Å²) >= 11 is 0. The zero-order valence-corrected chi connectivity index (χ0v) is 20.9. The molecule has 0 spiro atoms. The van der Waals surface area contributed by atoms with Gasteiger partial charge in [0, 0.05) is 48.4 Å². The van der Waals surface area contributed by atoms with Crippen LogP contribution in [0.5, 0.6) is 0 Å². The maximum Gasteiger partial charge on any atom is 0.336 e. The summed E-state index contributed by atoms with van der Waals surface area (Å²) in [6, 6.07) is 9.24. The van der Waals surface area contributed by atoms with Gasteiger partial charge in [0.2, 0.25) is 0 Å². The van der Waals surface area contributed by atoms with Crippen molar-refractivity contribution in [1.29, 1.82) is 0 Å². The molecule has 0 radical (unpaired) electrons. The molecule has 38 heavy (non-hydrogen) atoms. The van der Waals surface area contributed by atoms with Gasteiger partial charge in [-0.1, -0.05) is 18.2 Å². The van der Waals surface area contributed by atoms with Crippen molar-refractivity contribution in [3.8, 4) is 0 Å². The van der Waals surface area contributed by atoms with E-state index >= 15 is 0 Å². The second-order valence-electron chi connectivity index (χ2n) is 8.33. The number of nitrogens with one attached hydrogen (secondary N) is 1. The van der Waals surface area contributed by atoms with Crippen LogP contribution < -0.4 is 5.32 Å². The average Bonchev–Trinajstić information content (AvgIpc) is 2.90. The van der Waals surface area contributed by atoms with Crippen LogP contribution >= 0.6 is 0 Å². The highest BCUT2D eigenvalue weighted by Crippen LogP contribution is 2.38. The van der Waals surface area contributed by atoms with Gasteiger partial charge >= 0.3 is 5.97 Å². The summed E-state index contributed by atoms with van der Waals surface area (Å²) in [5.74, 6) is -1.64. The fourth-order valence-electron chi connectivity index (χ4n) is 4.11. The van der Waals surface area contributed by atoms with Gasteiger partial charge in [0.05, 0.1) is 29.2 Å². The predicted molar refractivity (Wildman–Crippen MR) is 134 cm³/mol. The molecule has 0 bridgehead atoms. The number of nitro groups is 1. The SMILES string of the molecule is CC1=CC(c2cccc([N+](=O)[O-])c2)C(C(=O)OCCNC(=O)c2cccnc2)=C(C)N1CCCO[N+](=O)[O-]. The Morgan fingerprint density at radius 1 is 1.13 bits per heavy atom. The average molecular weight is 526 g/mol. The number of nitro benzene ring substituents is 1. The van der Waals surface area contributed by atoms with Crippen LogP contribution in [0.3, 0.4) is 0 Å². The van der Waals surface area contributed by atoms with Crippen LogP contribution in [0.25, 0.3) is 0 Å². The summed E-state index contributed by atoms with van der Waals surface area (Å²) in [5.41, 5.74) is 2.37. The van der Waals surface area contributed by atoms with Crippen molar-refractivity contribution >= 4 is 17.6 Å². The van der Waals surface area contributed by atoms with Crippen LogP contribution in [0.2, 0.25) is 0 Å². The Bertz CT molecular complexity index is 1260. The van der Waals surface area contributed by atoms with E-state index in [4.69, 9.17) is 4.74 Å². The first-order chi connectivity index (χ1) is 18.2. The smallest absolute Gasteiger partial charge is 0.336 e. The van der Waals surface area contributed by atoms with E-state index in [0.717, 1.165) is 5.70 Å². The minimum atomic E-state index is -0.865. The number of aromatic nitrogens is 1. The Hall–Kier alpha value is -4.81.